The van der Waals surface area contributed by atoms with Crippen molar-refractivity contribution in [3.8, 4) is 16.9 Å². The number of amides is 1. The zero-order valence-corrected chi connectivity index (χ0v) is 21.6. The highest BCUT2D eigenvalue weighted by atomic mass is 35.5. The molecule has 7 nitrogen and oxygen atoms in total. The van der Waals surface area contributed by atoms with Crippen LogP contribution in [0.3, 0.4) is 0 Å². The zero-order chi connectivity index (χ0) is 25.8. The summed E-state index contributed by atoms with van der Waals surface area (Å²) in [6.07, 6.45) is 0.340. The van der Waals surface area contributed by atoms with Crippen molar-refractivity contribution in [1.29, 1.82) is 0 Å². The molecule has 3 N–H and O–H groups in total. The lowest BCUT2D eigenvalue weighted by atomic mass is 10.0. The van der Waals surface area contributed by atoms with Gasteiger partial charge in [-0.15, -0.1) is 0 Å². The number of ether oxygens (including phenoxy) is 1. The monoisotopic (exact) mass is 523 g/mol. The van der Waals surface area contributed by atoms with Crippen LogP contribution in [0.2, 0.25) is 5.02 Å². The average Bonchev–Trinajstić information content (AvgIpc) is 3.24. The van der Waals surface area contributed by atoms with Crippen molar-refractivity contribution in [3.63, 3.8) is 0 Å². The zero-order valence-electron chi connectivity index (χ0n) is 20.0. The van der Waals surface area contributed by atoms with Gasteiger partial charge in [0.2, 0.25) is 0 Å². The number of fused-ring (bicyclic) bond motifs is 1. The number of rotatable bonds is 9. The second-order valence-corrected chi connectivity index (χ2v) is 10.2. The minimum atomic E-state index is -1.06. The number of thiazole rings is 1. The number of nitrogens with zero attached hydrogens (tertiary/aromatic N) is 1. The number of methoxy groups -OCH3 is 1. The Labute approximate surface area is 218 Å². The van der Waals surface area contributed by atoms with E-state index >= 15 is 0 Å². The van der Waals surface area contributed by atoms with Crippen LogP contribution in [-0.2, 0) is 4.79 Å². The number of aromatic nitrogens is 1. The van der Waals surface area contributed by atoms with E-state index in [4.69, 9.17) is 16.3 Å². The van der Waals surface area contributed by atoms with Crippen molar-refractivity contribution in [3.05, 3.63) is 71.2 Å². The van der Waals surface area contributed by atoms with E-state index < -0.39 is 17.9 Å². The molecule has 0 fully saturated rings. The Balaban J connectivity index is 1.50. The summed E-state index contributed by atoms with van der Waals surface area (Å²) in [5.74, 6) is -1.05. The Morgan fingerprint density at radius 1 is 1.06 bits per heavy atom. The third-order valence-electron chi connectivity index (χ3n) is 5.58. The van der Waals surface area contributed by atoms with Crippen molar-refractivity contribution in [2.24, 2.45) is 5.92 Å². The van der Waals surface area contributed by atoms with Crippen molar-refractivity contribution in [1.82, 2.24) is 10.3 Å². The van der Waals surface area contributed by atoms with E-state index in [-0.39, 0.29) is 11.5 Å². The molecule has 36 heavy (non-hydrogen) atoms. The molecule has 0 aliphatic heterocycles. The summed E-state index contributed by atoms with van der Waals surface area (Å²) >= 11 is 7.60. The summed E-state index contributed by atoms with van der Waals surface area (Å²) in [5.41, 5.74) is 3.85. The highest BCUT2D eigenvalue weighted by Crippen LogP contribution is 2.32. The lowest BCUT2D eigenvalue weighted by Crippen LogP contribution is -2.41. The Kier molecular flexibility index (Phi) is 7.76. The van der Waals surface area contributed by atoms with Crippen LogP contribution < -0.4 is 15.4 Å². The molecule has 0 aliphatic rings. The maximum atomic E-state index is 12.8. The van der Waals surface area contributed by atoms with E-state index in [1.54, 1.807) is 12.1 Å². The summed E-state index contributed by atoms with van der Waals surface area (Å²) < 4.78 is 6.47. The molecule has 0 saturated heterocycles. The fraction of sp³-hybridized carbons (Fsp3) is 0.222. The summed E-state index contributed by atoms with van der Waals surface area (Å²) in [6.45, 7) is 3.82. The van der Waals surface area contributed by atoms with E-state index in [0.717, 1.165) is 32.2 Å². The van der Waals surface area contributed by atoms with Gasteiger partial charge in [-0.2, -0.15) is 0 Å². The summed E-state index contributed by atoms with van der Waals surface area (Å²) in [5, 5.41) is 16.8. The molecule has 4 aromatic rings. The normalized spacial score (nSPS) is 11.9. The topological polar surface area (TPSA) is 101 Å². The Hall–Kier alpha value is -3.62. The fourth-order valence-electron chi connectivity index (χ4n) is 3.81. The SMILES string of the molecule is COc1cc(-c2ccc(Nc3nc4ccc(Cl)cc4s3)cc2)ccc1C(=O)N[C@@H](CC(C)C)C(=O)O. The molecule has 186 valence electrons. The van der Waals surface area contributed by atoms with Gasteiger partial charge in [0.25, 0.3) is 5.91 Å². The van der Waals surface area contributed by atoms with Gasteiger partial charge < -0.3 is 20.5 Å². The molecular formula is C27H26ClN3O4S. The number of carboxylic acids is 1. The van der Waals surface area contributed by atoms with E-state index in [2.05, 4.69) is 15.6 Å². The maximum Gasteiger partial charge on any atom is 0.326 e. The van der Waals surface area contributed by atoms with Gasteiger partial charge in [-0.25, -0.2) is 9.78 Å². The molecule has 1 amide bonds. The standard InChI is InChI=1S/C27H26ClN3O4S/c1-15(2)12-22(26(33)34)30-25(32)20-10-6-17(13-23(20)35-3)16-4-8-19(9-5-16)29-27-31-21-11-7-18(28)14-24(21)36-27/h4-11,13-15,22H,12H2,1-3H3,(H,29,31)(H,30,32)(H,33,34)/t22-/m0/s1. The third kappa shape index (κ3) is 5.95. The van der Waals surface area contributed by atoms with Crippen molar-refractivity contribution in [2.45, 2.75) is 26.3 Å². The molecule has 4 rings (SSSR count). The number of carboxylic acid groups (broad SMARTS) is 1. The number of hydrogen-bond donors (Lipinski definition) is 3. The van der Waals surface area contributed by atoms with Gasteiger partial charge in [-0.1, -0.05) is 55.0 Å². The molecule has 3 aromatic carbocycles. The predicted molar refractivity (Wildman–Crippen MR) is 145 cm³/mol. The number of aliphatic carboxylic acids is 1. The molecule has 9 heteroatoms. The van der Waals surface area contributed by atoms with Crippen LogP contribution in [0, 0.1) is 5.92 Å². The second-order valence-electron chi connectivity index (χ2n) is 8.74. The highest BCUT2D eigenvalue weighted by Gasteiger charge is 2.23. The molecule has 0 radical (unpaired) electrons. The van der Waals surface area contributed by atoms with Crippen LogP contribution in [-0.4, -0.2) is 35.1 Å². The number of benzene rings is 3. The maximum absolute atomic E-state index is 12.8. The second kappa shape index (κ2) is 11.0. The number of carbonyl (C=O) groups is 2. The van der Waals surface area contributed by atoms with Gasteiger partial charge in [0, 0.05) is 10.7 Å². The van der Waals surface area contributed by atoms with Crippen molar-refractivity contribution < 1.29 is 19.4 Å². The van der Waals surface area contributed by atoms with Crippen LogP contribution in [0.1, 0.15) is 30.6 Å². The van der Waals surface area contributed by atoms with E-state index in [9.17, 15) is 14.7 Å². The van der Waals surface area contributed by atoms with Gasteiger partial charge in [0.1, 0.15) is 11.8 Å². The number of anilines is 2. The third-order valence-corrected chi connectivity index (χ3v) is 6.75. The molecule has 0 aliphatic carbocycles. The first kappa shape index (κ1) is 25.5. The lowest BCUT2D eigenvalue weighted by Gasteiger charge is -2.18. The van der Waals surface area contributed by atoms with Crippen LogP contribution >= 0.6 is 22.9 Å². The molecule has 0 saturated carbocycles. The van der Waals surface area contributed by atoms with Crippen LogP contribution in [0.4, 0.5) is 10.8 Å². The summed E-state index contributed by atoms with van der Waals surface area (Å²) in [7, 11) is 1.48. The van der Waals surface area contributed by atoms with Crippen molar-refractivity contribution in [2.75, 3.05) is 12.4 Å². The van der Waals surface area contributed by atoms with Gasteiger partial charge in [0.05, 0.1) is 22.9 Å². The first-order chi connectivity index (χ1) is 17.2. The first-order valence-corrected chi connectivity index (χ1v) is 12.6. The average molecular weight is 524 g/mol. The first-order valence-electron chi connectivity index (χ1n) is 11.4. The van der Waals surface area contributed by atoms with Gasteiger partial charge in [-0.3, -0.25) is 4.79 Å². The molecule has 1 aromatic heterocycles. The van der Waals surface area contributed by atoms with Crippen LogP contribution in [0.5, 0.6) is 5.75 Å². The van der Waals surface area contributed by atoms with Crippen LogP contribution in [0.15, 0.2) is 60.7 Å². The molecule has 0 spiro atoms. The summed E-state index contributed by atoms with van der Waals surface area (Å²) in [4.78, 5) is 28.9. The largest absolute Gasteiger partial charge is 0.496 e. The van der Waals surface area contributed by atoms with Gasteiger partial charge in [0.15, 0.2) is 5.13 Å². The fourth-order valence-corrected chi connectivity index (χ4v) is 4.97. The van der Waals surface area contributed by atoms with Gasteiger partial charge in [-0.05, 0) is 65.9 Å². The summed E-state index contributed by atoms with van der Waals surface area (Å²) in [6, 6.07) is 17.7. The van der Waals surface area contributed by atoms with E-state index in [1.165, 1.54) is 18.4 Å². The lowest BCUT2D eigenvalue weighted by molar-refractivity contribution is -0.139. The van der Waals surface area contributed by atoms with Crippen LogP contribution in [0.25, 0.3) is 21.3 Å². The highest BCUT2D eigenvalue weighted by molar-refractivity contribution is 7.22. The van der Waals surface area contributed by atoms with Gasteiger partial charge >= 0.3 is 5.97 Å². The molecule has 0 bridgehead atoms. The molecule has 1 heterocycles. The van der Waals surface area contributed by atoms with Crippen molar-refractivity contribution >= 4 is 55.8 Å². The Morgan fingerprint density at radius 3 is 2.44 bits per heavy atom. The predicted octanol–water partition coefficient (Wildman–Crippen LogP) is 6.60. The van der Waals surface area contributed by atoms with E-state index in [1.807, 2.05) is 62.4 Å². The smallest absolute Gasteiger partial charge is 0.326 e. The minimum Gasteiger partial charge on any atom is -0.496 e. The molecular weight excluding hydrogens is 498 g/mol. The number of halogens is 1. The number of carbonyl (C=O) groups excluding carboxylic acids is 1. The Bertz CT molecular complexity index is 1400. The van der Waals surface area contributed by atoms with E-state index in [0.29, 0.717) is 17.2 Å². The quantitative estimate of drug-likeness (QED) is 0.228. The number of nitrogens with one attached hydrogen (secondary N) is 2. The Morgan fingerprint density at radius 2 is 1.78 bits per heavy atom. The number of hydrogen-bond acceptors (Lipinski definition) is 6. The minimum absolute atomic E-state index is 0.126. The molecule has 0 unspecified atom stereocenters. The molecule has 1 atom stereocenters.